The zero-order chi connectivity index (χ0) is 11.3. The standard InChI is InChI=1S/C6H6ClNO.C4H6O2/c1-9-6-4-2-3-5(7)8-6;5-4(6)3-1-2-3/h2-4H,1H3;3H,1-2H2,(H,5,6). The maximum absolute atomic E-state index is 9.76. The summed E-state index contributed by atoms with van der Waals surface area (Å²) in [6, 6.07) is 5.23. The number of carbonyl (C=O) groups is 1. The van der Waals surface area contributed by atoms with E-state index in [-0.39, 0.29) is 5.92 Å². The van der Waals surface area contributed by atoms with Crippen LogP contribution in [-0.2, 0) is 4.79 Å². The normalized spacial score (nSPS) is 13.7. The summed E-state index contributed by atoms with van der Waals surface area (Å²) in [6.45, 7) is 0. The Morgan fingerprint density at radius 1 is 1.60 bits per heavy atom. The number of carboxylic acids is 1. The fourth-order valence-corrected chi connectivity index (χ4v) is 0.990. The molecule has 1 aliphatic carbocycles. The molecule has 1 saturated carbocycles. The summed E-state index contributed by atoms with van der Waals surface area (Å²) in [7, 11) is 1.55. The van der Waals surface area contributed by atoms with Crippen molar-refractivity contribution in [3.05, 3.63) is 23.4 Å². The van der Waals surface area contributed by atoms with Gasteiger partial charge in [-0.1, -0.05) is 17.7 Å². The predicted octanol–water partition coefficient (Wildman–Crippen LogP) is 2.22. The fraction of sp³-hybridized carbons (Fsp3) is 0.400. The summed E-state index contributed by atoms with van der Waals surface area (Å²) in [5.74, 6) is -0.0671. The lowest BCUT2D eigenvalue weighted by atomic mass is 10.5. The Morgan fingerprint density at radius 3 is 2.53 bits per heavy atom. The van der Waals surface area contributed by atoms with Gasteiger partial charge in [0.1, 0.15) is 5.15 Å². The first-order valence-electron chi connectivity index (χ1n) is 4.53. The highest BCUT2D eigenvalue weighted by molar-refractivity contribution is 6.29. The summed E-state index contributed by atoms with van der Waals surface area (Å²) >= 11 is 5.53. The number of hydrogen-bond acceptors (Lipinski definition) is 3. The van der Waals surface area contributed by atoms with Crippen molar-refractivity contribution in [2.75, 3.05) is 7.11 Å². The molecule has 1 heterocycles. The number of aliphatic carboxylic acids is 1. The molecule has 0 atom stereocenters. The third-order valence-electron chi connectivity index (χ3n) is 1.83. The van der Waals surface area contributed by atoms with E-state index in [1.165, 1.54) is 0 Å². The molecule has 1 N–H and O–H groups in total. The van der Waals surface area contributed by atoms with Gasteiger partial charge in [-0.25, -0.2) is 4.98 Å². The first-order valence-corrected chi connectivity index (χ1v) is 4.90. The van der Waals surface area contributed by atoms with Gasteiger partial charge in [0, 0.05) is 6.07 Å². The molecule has 0 unspecified atom stereocenters. The first kappa shape index (κ1) is 11.8. The van der Waals surface area contributed by atoms with E-state index in [9.17, 15) is 4.79 Å². The van der Waals surface area contributed by atoms with Crippen LogP contribution in [0.5, 0.6) is 5.88 Å². The molecule has 0 saturated heterocycles. The number of aromatic nitrogens is 1. The minimum Gasteiger partial charge on any atom is -0.481 e. The van der Waals surface area contributed by atoms with Gasteiger partial charge in [0.2, 0.25) is 5.88 Å². The van der Waals surface area contributed by atoms with E-state index in [1.54, 1.807) is 25.3 Å². The van der Waals surface area contributed by atoms with Crippen LogP contribution in [0.15, 0.2) is 18.2 Å². The smallest absolute Gasteiger partial charge is 0.306 e. The van der Waals surface area contributed by atoms with Crippen molar-refractivity contribution in [2.24, 2.45) is 5.92 Å². The summed E-state index contributed by atoms with van der Waals surface area (Å²) in [4.78, 5) is 13.6. The zero-order valence-corrected chi connectivity index (χ0v) is 9.07. The molecule has 0 amide bonds. The maximum Gasteiger partial charge on any atom is 0.306 e. The number of rotatable bonds is 2. The quantitative estimate of drug-likeness (QED) is 0.790. The van der Waals surface area contributed by atoms with Gasteiger partial charge in [-0.05, 0) is 18.9 Å². The molecule has 1 aromatic rings. The number of ether oxygens (including phenoxy) is 1. The van der Waals surface area contributed by atoms with Gasteiger partial charge >= 0.3 is 5.97 Å². The summed E-state index contributed by atoms with van der Waals surface area (Å²) in [5.41, 5.74) is 0. The highest BCUT2D eigenvalue weighted by Gasteiger charge is 2.28. The highest BCUT2D eigenvalue weighted by Crippen LogP contribution is 2.28. The Labute approximate surface area is 92.8 Å². The minimum absolute atomic E-state index is 0.0185. The molecule has 2 rings (SSSR count). The second-order valence-corrected chi connectivity index (χ2v) is 3.50. The molecular weight excluding hydrogens is 218 g/mol. The van der Waals surface area contributed by atoms with Gasteiger partial charge in [-0.3, -0.25) is 4.79 Å². The molecule has 1 aromatic heterocycles. The number of pyridine rings is 1. The number of nitrogens with zero attached hydrogens (tertiary/aromatic N) is 1. The van der Waals surface area contributed by atoms with Crippen molar-refractivity contribution in [3.63, 3.8) is 0 Å². The van der Waals surface area contributed by atoms with Gasteiger partial charge in [0.15, 0.2) is 0 Å². The highest BCUT2D eigenvalue weighted by atomic mass is 35.5. The molecule has 82 valence electrons. The van der Waals surface area contributed by atoms with Crippen molar-refractivity contribution in [1.82, 2.24) is 4.98 Å². The van der Waals surface area contributed by atoms with Crippen LogP contribution in [0.1, 0.15) is 12.8 Å². The van der Waals surface area contributed by atoms with Crippen LogP contribution in [0.3, 0.4) is 0 Å². The molecule has 0 bridgehead atoms. The van der Waals surface area contributed by atoms with Gasteiger partial charge in [-0.15, -0.1) is 0 Å². The molecule has 15 heavy (non-hydrogen) atoms. The average Bonchev–Trinajstić information content (AvgIpc) is 3.01. The van der Waals surface area contributed by atoms with Crippen LogP contribution in [0.4, 0.5) is 0 Å². The number of halogens is 1. The van der Waals surface area contributed by atoms with Crippen molar-refractivity contribution in [1.29, 1.82) is 0 Å². The summed E-state index contributed by atoms with van der Waals surface area (Å²) in [6.07, 6.45) is 1.80. The largest absolute Gasteiger partial charge is 0.481 e. The van der Waals surface area contributed by atoms with Gasteiger partial charge in [0.05, 0.1) is 13.0 Å². The van der Waals surface area contributed by atoms with Crippen molar-refractivity contribution in [2.45, 2.75) is 12.8 Å². The van der Waals surface area contributed by atoms with Crippen LogP contribution < -0.4 is 4.74 Å². The number of methoxy groups -OCH3 is 1. The van der Waals surface area contributed by atoms with E-state index >= 15 is 0 Å². The van der Waals surface area contributed by atoms with E-state index in [0.717, 1.165) is 12.8 Å². The molecule has 0 aromatic carbocycles. The summed E-state index contributed by atoms with van der Waals surface area (Å²) < 4.78 is 4.80. The zero-order valence-electron chi connectivity index (χ0n) is 8.31. The summed E-state index contributed by atoms with van der Waals surface area (Å²) in [5, 5.41) is 8.51. The fourth-order valence-electron chi connectivity index (χ4n) is 0.834. The molecule has 1 aliphatic rings. The first-order chi connectivity index (χ1) is 7.13. The maximum atomic E-state index is 9.76. The number of carboxylic acid groups (broad SMARTS) is 1. The van der Waals surface area contributed by atoms with Gasteiger partial charge in [0.25, 0.3) is 0 Å². The Hall–Kier alpha value is -1.29. The van der Waals surface area contributed by atoms with Crippen LogP contribution in [0.2, 0.25) is 5.15 Å². The third kappa shape index (κ3) is 4.65. The third-order valence-corrected chi connectivity index (χ3v) is 2.04. The van der Waals surface area contributed by atoms with E-state index in [4.69, 9.17) is 21.4 Å². The van der Waals surface area contributed by atoms with E-state index in [2.05, 4.69) is 4.98 Å². The molecular formula is C10H12ClNO3. The van der Waals surface area contributed by atoms with Gasteiger partial charge < -0.3 is 9.84 Å². The number of hydrogen-bond donors (Lipinski definition) is 1. The van der Waals surface area contributed by atoms with E-state index in [0.29, 0.717) is 11.0 Å². The van der Waals surface area contributed by atoms with Gasteiger partial charge in [-0.2, -0.15) is 0 Å². The van der Waals surface area contributed by atoms with E-state index < -0.39 is 5.97 Å². The Kier molecular flexibility index (Phi) is 4.37. The Balaban J connectivity index is 0.000000162. The monoisotopic (exact) mass is 229 g/mol. The molecule has 4 nitrogen and oxygen atoms in total. The molecule has 5 heteroatoms. The Bertz CT molecular complexity index is 339. The lowest BCUT2D eigenvalue weighted by Gasteiger charge is -1.95. The Morgan fingerprint density at radius 2 is 2.27 bits per heavy atom. The van der Waals surface area contributed by atoms with Crippen LogP contribution >= 0.6 is 11.6 Å². The van der Waals surface area contributed by atoms with Crippen LogP contribution in [0, 0.1) is 5.92 Å². The van der Waals surface area contributed by atoms with E-state index in [1.807, 2.05) is 0 Å². The molecule has 0 spiro atoms. The van der Waals surface area contributed by atoms with Crippen molar-refractivity contribution >= 4 is 17.6 Å². The second kappa shape index (κ2) is 5.56. The topological polar surface area (TPSA) is 59.4 Å². The predicted molar refractivity (Wildman–Crippen MR) is 56.2 cm³/mol. The SMILES string of the molecule is COc1cccc(Cl)n1.O=C(O)C1CC1. The van der Waals surface area contributed by atoms with Crippen molar-refractivity contribution in [3.8, 4) is 5.88 Å². The molecule has 0 radical (unpaired) electrons. The van der Waals surface area contributed by atoms with Crippen LogP contribution in [0.25, 0.3) is 0 Å². The molecule has 0 aliphatic heterocycles. The second-order valence-electron chi connectivity index (χ2n) is 3.12. The lowest BCUT2D eigenvalue weighted by molar-refractivity contribution is -0.138. The minimum atomic E-state index is -0.630. The molecule has 1 fully saturated rings. The van der Waals surface area contributed by atoms with Crippen LogP contribution in [-0.4, -0.2) is 23.2 Å². The van der Waals surface area contributed by atoms with Crippen molar-refractivity contribution < 1.29 is 14.6 Å². The average molecular weight is 230 g/mol. The lowest BCUT2D eigenvalue weighted by Crippen LogP contribution is -1.94.